The molecule has 0 atom stereocenters. The Labute approximate surface area is 89.0 Å². The zero-order chi connectivity index (χ0) is 11.3. The average Bonchev–Trinajstić information content (AvgIpc) is 2.23. The van der Waals surface area contributed by atoms with Gasteiger partial charge in [-0.3, -0.25) is 4.79 Å². The second-order valence-electron chi connectivity index (χ2n) is 3.06. The van der Waals surface area contributed by atoms with Crippen LogP contribution in [-0.2, 0) is 16.0 Å². The first kappa shape index (κ1) is 11.4. The quantitative estimate of drug-likeness (QED) is 0.601. The molecule has 0 radical (unpaired) electrons. The zero-order valence-electron chi connectivity index (χ0n) is 8.95. The number of carbonyl (C=O) groups is 1. The van der Waals surface area contributed by atoms with Crippen LogP contribution in [0.25, 0.3) is 0 Å². The fraction of sp³-hybridized carbons (Fsp3) is 0.364. The normalized spacial score (nSPS) is 9.73. The fourth-order valence-electron chi connectivity index (χ4n) is 1.21. The number of nitrogens with two attached hydrogens (primary N) is 1. The van der Waals surface area contributed by atoms with Crippen molar-refractivity contribution >= 4 is 11.7 Å². The first-order valence-corrected chi connectivity index (χ1v) is 4.75. The maximum atomic E-state index is 11.0. The first-order chi connectivity index (χ1) is 7.17. The lowest BCUT2D eigenvalue weighted by Crippen LogP contribution is -2.05. The van der Waals surface area contributed by atoms with E-state index < -0.39 is 0 Å². The average molecular weight is 209 g/mol. The lowest BCUT2D eigenvalue weighted by Gasteiger charge is -2.08. The highest BCUT2D eigenvalue weighted by Gasteiger charge is 2.06. The number of benzene rings is 1. The van der Waals surface area contributed by atoms with E-state index in [2.05, 4.69) is 4.74 Å². The van der Waals surface area contributed by atoms with Crippen molar-refractivity contribution in [3.63, 3.8) is 0 Å². The summed E-state index contributed by atoms with van der Waals surface area (Å²) in [4.78, 5) is 11.0. The minimum Gasteiger partial charge on any atom is -0.492 e. The molecule has 2 N–H and O–H groups in total. The molecule has 15 heavy (non-hydrogen) atoms. The molecule has 0 aliphatic carbocycles. The standard InChI is InChI=1S/C11H15NO3/c1-3-15-10-6-8(4-5-9(10)12)7-11(13)14-2/h4-6H,3,7,12H2,1-2H3. The second kappa shape index (κ2) is 5.24. The summed E-state index contributed by atoms with van der Waals surface area (Å²) in [6.45, 7) is 2.43. The van der Waals surface area contributed by atoms with E-state index in [0.29, 0.717) is 18.0 Å². The molecular formula is C11H15NO3. The number of carbonyl (C=O) groups excluding carboxylic acids is 1. The van der Waals surface area contributed by atoms with Gasteiger partial charge in [0.25, 0.3) is 0 Å². The Morgan fingerprint density at radius 3 is 2.80 bits per heavy atom. The van der Waals surface area contributed by atoms with Gasteiger partial charge in [0.15, 0.2) is 0 Å². The number of hydrogen-bond donors (Lipinski definition) is 1. The van der Waals surface area contributed by atoms with Gasteiger partial charge in [-0.15, -0.1) is 0 Å². The summed E-state index contributed by atoms with van der Waals surface area (Å²) in [6.07, 6.45) is 0.233. The molecule has 0 fully saturated rings. The molecule has 0 saturated carbocycles. The molecule has 0 spiro atoms. The molecule has 0 unspecified atom stereocenters. The molecule has 4 nitrogen and oxygen atoms in total. The van der Waals surface area contributed by atoms with E-state index in [1.165, 1.54) is 7.11 Å². The van der Waals surface area contributed by atoms with Crippen molar-refractivity contribution < 1.29 is 14.3 Å². The summed E-state index contributed by atoms with van der Waals surface area (Å²) in [5, 5.41) is 0. The largest absolute Gasteiger partial charge is 0.492 e. The highest BCUT2D eigenvalue weighted by Crippen LogP contribution is 2.23. The molecule has 4 heteroatoms. The van der Waals surface area contributed by atoms with E-state index in [1.807, 2.05) is 6.92 Å². The van der Waals surface area contributed by atoms with Gasteiger partial charge >= 0.3 is 5.97 Å². The number of methoxy groups -OCH3 is 1. The lowest BCUT2D eigenvalue weighted by atomic mass is 10.1. The highest BCUT2D eigenvalue weighted by atomic mass is 16.5. The van der Waals surface area contributed by atoms with Crippen LogP contribution in [0.5, 0.6) is 5.75 Å². The summed E-state index contributed by atoms with van der Waals surface area (Å²) in [5.41, 5.74) is 7.11. The zero-order valence-corrected chi connectivity index (χ0v) is 8.95. The van der Waals surface area contributed by atoms with E-state index in [0.717, 1.165) is 5.56 Å². The van der Waals surface area contributed by atoms with E-state index in [-0.39, 0.29) is 12.4 Å². The minimum atomic E-state index is -0.276. The molecule has 0 aliphatic heterocycles. The third-order valence-electron chi connectivity index (χ3n) is 1.95. The summed E-state index contributed by atoms with van der Waals surface area (Å²) < 4.78 is 9.89. The van der Waals surface area contributed by atoms with Gasteiger partial charge in [0.1, 0.15) is 5.75 Å². The van der Waals surface area contributed by atoms with Gasteiger partial charge in [-0.2, -0.15) is 0 Å². The smallest absolute Gasteiger partial charge is 0.309 e. The number of hydrogen-bond acceptors (Lipinski definition) is 4. The maximum absolute atomic E-state index is 11.0. The number of anilines is 1. The maximum Gasteiger partial charge on any atom is 0.309 e. The Bertz CT molecular complexity index is 350. The molecule has 0 bridgehead atoms. The number of esters is 1. The summed E-state index contributed by atoms with van der Waals surface area (Å²) in [5.74, 6) is 0.334. The van der Waals surface area contributed by atoms with E-state index in [4.69, 9.17) is 10.5 Å². The third kappa shape index (κ3) is 3.16. The van der Waals surface area contributed by atoms with Crippen LogP contribution in [0.1, 0.15) is 12.5 Å². The second-order valence-corrected chi connectivity index (χ2v) is 3.06. The Hall–Kier alpha value is -1.71. The molecule has 0 amide bonds. The molecule has 1 aromatic rings. The van der Waals surface area contributed by atoms with Crippen molar-refractivity contribution in [2.45, 2.75) is 13.3 Å². The Morgan fingerprint density at radius 2 is 2.20 bits per heavy atom. The Morgan fingerprint density at radius 1 is 1.47 bits per heavy atom. The lowest BCUT2D eigenvalue weighted by molar-refractivity contribution is -0.139. The van der Waals surface area contributed by atoms with E-state index >= 15 is 0 Å². The molecule has 1 rings (SSSR count). The van der Waals surface area contributed by atoms with E-state index in [1.54, 1.807) is 18.2 Å². The number of nitrogen functional groups attached to an aromatic ring is 1. The molecular weight excluding hydrogens is 194 g/mol. The predicted octanol–water partition coefficient (Wildman–Crippen LogP) is 1.38. The van der Waals surface area contributed by atoms with Gasteiger partial charge in [-0.1, -0.05) is 6.07 Å². The number of ether oxygens (including phenoxy) is 2. The van der Waals surface area contributed by atoms with Crippen LogP contribution in [-0.4, -0.2) is 19.7 Å². The summed E-state index contributed by atoms with van der Waals surface area (Å²) in [7, 11) is 1.36. The topological polar surface area (TPSA) is 61.5 Å². The van der Waals surface area contributed by atoms with Gasteiger partial charge in [-0.05, 0) is 24.6 Å². The van der Waals surface area contributed by atoms with Crippen LogP contribution in [0.3, 0.4) is 0 Å². The van der Waals surface area contributed by atoms with Gasteiger partial charge in [0.2, 0.25) is 0 Å². The van der Waals surface area contributed by atoms with Gasteiger partial charge in [-0.25, -0.2) is 0 Å². The van der Waals surface area contributed by atoms with Crippen LogP contribution in [0.2, 0.25) is 0 Å². The monoisotopic (exact) mass is 209 g/mol. The number of rotatable bonds is 4. The predicted molar refractivity (Wildman–Crippen MR) is 57.7 cm³/mol. The summed E-state index contributed by atoms with van der Waals surface area (Å²) >= 11 is 0. The molecule has 0 aromatic heterocycles. The molecule has 0 saturated heterocycles. The van der Waals surface area contributed by atoms with Crippen LogP contribution in [0.15, 0.2) is 18.2 Å². The van der Waals surface area contributed by atoms with Crippen molar-refractivity contribution in [3.05, 3.63) is 23.8 Å². The highest BCUT2D eigenvalue weighted by molar-refractivity contribution is 5.73. The van der Waals surface area contributed by atoms with Crippen LogP contribution in [0, 0.1) is 0 Å². The van der Waals surface area contributed by atoms with Crippen molar-refractivity contribution in [2.75, 3.05) is 19.5 Å². The van der Waals surface area contributed by atoms with Crippen molar-refractivity contribution in [1.82, 2.24) is 0 Å². The molecule has 0 aliphatic rings. The van der Waals surface area contributed by atoms with Crippen LogP contribution >= 0.6 is 0 Å². The van der Waals surface area contributed by atoms with Crippen molar-refractivity contribution in [2.24, 2.45) is 0 Å². The molecule has 0 heterocycles. The van der Waals surface area contributed by atoms with Gasteiger partial charge < -0.3 is 15.2 Å². The first-order valence-electron chi connectivity index (χ1n) is 4.75. The Kier molecular flexibility index (Phi) is 3.97. The third-order valence-corrected chi connectivity index (χ3v) is 1.95. The minimum absolute atomic E-state index is 0.233. The summed E-state index contributed by atoms with van der Waals surface area (Å²) in [6, 6.07) is 5.27. The molecule has 82 valence electrons. The van der Waals surface area contributed by atoms with Crippen molar-refractivity contribution in [3.8, 4) is 5.75 Å². The van der Waals surface area contributed by atoms with Crippen molar-refractivity contribution in [1.29, 1.82) is 0 Å². The van der Waals surface area contributed by atoms with Crippen LogP contribution < -0.4 is 10.5 Å². The Balaban J connectivity index is 2.82. The SMILES string of the molecule is CCOc1cc(CC(=O)OC)ccc1N. The van der Waals surface area contributed by atoms with Crippen LogP contribution in [0.4, 0.5) is 5.69 Å². The van der Waals surface area contributed by atoms with E-state index in [9.17, 15) is 4.79 Å². The fourth-order valence-corrected chi connectivity index (χ4v) is 1.21. The molecule has 1 aromatic carbocycles. The van der Waals surface area contributed by atoms with Gasteiger partial charge in [0.05, 0.1) is 25.8 Å². The van der Waals surface area contributed by atoms with Gasteiger partial charge in [0, 0.05) is 0 Å².